The number of benzene rings is 2. The smallest absolute Gasteiger partial charge is 0.294 e. The van der Waals surface area contributed by atoms with E-state index in [1.165, 1.54) is 0 Å². The van der Waals surface area contributed by atoms with Crippen molar-refractivity contribution in [2.75, 3.05) is 30.4 Å². The number of carbonyl (C=O) groups excluding carboxylic acids is 1. The number of anilines is 2. The molecule has 29 heavy (non-hydrogen) atoms. The predicted octanol–water partition coefficient (Wildman–Crippen LogP) is 3.03. The van der Waals surface area contributed by atoms with Gasteiger partial charge in [0.1, 0.15) is 5.75 Å². The molecule has 0 spiro atoms. The Hall–Kier alpha value is -3.35. The maximum Gasteiger partial charge on any atom is 0.294 e. The molecule has 3 aromatic rings. The molecule has 0 saturated carbocycles. The van der Waals surface area contributed by atoms with E-state index in [9.17, 15) is 9.59 Å². The van der Waals surface area contributed by atoms with E-state index in [4.69, 9.17) is 4.74 Å². The van der Waals surface area contributed by atoms with Crippen molar-refractivity contribution in [3.8, 4) is 5.75 Å². The second-order valence-electron chi connectivity index (χ2n) is 7.10. The molecule has 0 atom stereocenters. The maximum absolute atomic E-state index is 13.1. The van der Waals surface area contributed by atoms with Gasteiger partial charge in [0.15, 0.2) is 5.82 Å². The van der Waals surface area contributed by atoms with E-state index in [-0.39, 0.29) is 17.9 Å². The number of hydrogen-bond donors (Lipinski definition) is 1. The largest absolute Gasteiger partial charge is 0.497 e. The first kappa shape index (κ1) is 19.0. The number of aromatic nitrogens is 2. The zero-order chi connectivity index (χ0) is 20.2. The summed E-state index contributed by atoms with van der Waals surface area (Å²) < 4.78 is 6.80. The quantitative estimate of drug-likeness (QED) is 0.698. The minimum Gasteiger partial charge on any atom is -0.497 e. The predicted molar refractivity (Wildman–Crippen MR) is 114 cm³/mol. The van der Waals surface area contributed by atoms with Crippen LogP contribution in [-0.2, 0) is 11.3 Å². The summed E-state index contributed by atoms with van der Waals surface area (Å²) in [7, 11) is 1.60. The van der Waals surface area contributed by atoms with Crippen molar-refractivity contribution >= 4 is 28.4 Å². The van der Waals surface area contributed by atoms with E-state index in [1.807, 2.05) is 29.2 Å². The summed E-state index contributed by atoms with van der Waals surface area (Å²) in [6.45, 7) is 1.99. The van der Waals surface area contributed by atoms with Crippen LogP contribution in [0.4, 0.5) is 11.5 Å². The van der Waals surface area contributed by atoms with Crippen LogP contribution >= 0.6 is 0 Å². The lowest BCUT2D eigenvalue weighted by Crippen LogP contribution is -2.32. The molecule has 1 saturated heterocycles. The molecule has 150 valence electrons. The van der Waals surface area contributed by atoms with Gasteiger partial charge in [-0.3, -0.25) is 9.59 Å². The molecular formula is C22H24N4O3. The normalized spacial score (nSPS) is 13.6. The number of carbonyl (C=O) groups is 1. The van der Waals surface area contributed by atoms with E-state index in [2.05, 4.69) is 10.3 Å². The highest BCUT2D eigenvalue weighted by Gasteiger charge is 2.20. The Labute approximate surface area is 168 Å². The van der Waals surface area contributed by atoms with Crippen molar-refractivity contribution in [1.29, 1.82) is 0 Å². The number of fused-ring (bicyclic) bond motifs is 1. The number of methoxy groups -OCH3 is 1. The summed E-state index contributed by atoms with van der Waals surface area (Å²) in [5.41, 5.74) is 2.07. The SMILES string of the molecule is COc1ccc(NC(=O)CCn2c(=O)c(N3CCCC3)nc3ccccc32)cc1. The number of rotatable bonds is 6. The number of para-hydroxylation sites is 2. The molecule has 1 fully saturated rings. The zero-order valence-corrected chi connectivity index (χ0v) is 16.4. The highest BCUT2D eigenvalue weighted by molar-refractivity contribution is 5.90. The summed E-state index contributed by atoms with van der Waals surface area (Å²) in [5, 5.41) is 2.86. The van der Waals surface area contributed by atoms with Crippen molar-refractivity contribution in [3.63, 3.8) is 0 Å². The zero-order valence-electron chi connectivity index (χ0n) is 16.4. The van der Waals surface area contributed by atoms with Crippen LogP contribution in [0.2, 0.25) is 0 Å². The van der Waals surface area contributed by atoms with Crippen LogP contribution in [0, 0.1) is 0 Å². The Bertz CT molecular complexity index is 1070. The molecule has 1 N–H and O–H groups in total. The summed E-state index contributed by atoms with van der Waals surface area (Å²) >= 11 is 0. The average Bonchev–Trinajstić information content (AvgIpc) is 3.28. The van der Waals surface area contributed by atoms with Gasteiger partial charge in [-0.1, -0.05) is 12.1 Å². The average molecular weight is 392 g/mol. The van der Waals surface area contributed by atoms with Crippen molar-refractivity contribution < 1.29 is 9.53 Å². The summed E-state index contributed by atoms with van der Waals surface area (Å²) in [6, 6.07) is 14.7. The van der Waals surface area contributed by atoms with Gasteiger partial charge in [-0.2, -0.15) is 0 Å². The Balaban J connectivity index is 1.55. The fourth-order valence-electron chi connectivity index (χ4n) is 3.65. The van der Waals surface area contributed by atoms with Crippen molar-refractivity contribution in [1.82, 2.24) is 9.55 Å². The number of nitrogens with zero attached hydrogens (tertiary/aromatic N) is 3. The van der Waals surface area contributed by atoms with Gasteiger partial charge in [0, 0.05) is 31.7 Å². The second-order valence-corrected chi connectivity index (χ2v) is 7.10. The monoisotopic (exact) mass is 392 g/mol. The fourth-order valence-corrected chi connectivity index (χ4v) is 3.65. The Morgan fingerprint density at radius 2 is 1.83 bits per heavy atom. The topological polar surface area (TPSA) is 76.5 Å². The fraction of sp³-hybridized carbons (Fsp3) is 0.318. The van der Waals surface area contributed by atoms with E-state index < -0.39 is 0 Å². The van der Waals surface area contributed by atoms with Crippen LogP contribution in [-0.4, -0.2) is 35.7 Å². The number of ether oxygens (including phenoxy) is 1. The molecule has 0 aliphatic carbocycles. The molecule has 0 unspecified atom stereocenters. The molecule has 1 aliphatic rings. The summed E-state index contributed by atoms with van der Waals surface area (Å²) in [4.78, 5) is 32.2. The molecule has 2 heterocycles. The van der Waals surface area contributed by atoms with Gasteiger partial charge < -0.3 is 19.5 Å². The van der Waals surface area contributed by atoms with E-state index in [0.717, 1.165) is 42.7 Å². The highest BCUT2D eigenvalue weighted by atomic mass is 16.5. The van der Waals surface area contributed by atoms with Crippen LogP contribution < -0.4 is 20.5 Å². The van der Waals surface area contributed by atoms with Gasteiger partial charge in [-0.25, -0.2) is 4.98 Å². The lowest BCUT2D eigenvalue weighted by Gasteiger charge is -2.19. The molecule has 1 aliphatic heterocycles. The van der Waals surface area contributed by atoms with Crippen molar-refractivity contribution in [3.05, 3.63) is 58.9 Å². The first-order valence-corrected chi connectivity index (χ1v) is 9.84. The minimum atomic E-state index is -0.148. The molecule has 7 heteroatoms. The molecule has 1 amide bonds. The first-order chi connectivity index (χ1) is 14.2. The molecule has 4 rings (SSSR count). The van der Waals surface area contributed by atoms with Gasteiger partial charge >= 0.3 is 0 Å². The summed E-state index contributed by atoms with van der Waals surface area (Å²) in [6.07, 6.45) is 2.33. The third-order valence-electron chi connectivity index (χ3n) is 5.18. The van der Waals surface area contributed by atoms with Gasteiger partial charge in [0.2, 0.25) is 5.91 Å². The third kappa shape index (κ3) is 4.08. The standard InChI is InChI=1S/C22H24N4O3/c1-29-17-10-8-16(9-11-17)23-20(27)12-15-26-19-7-3-2-6-18(19)24-21(22(26)28)25-13-4-5-14-25/h2-3,6-11H,4-5,12-15H2,1H3,(H,23,27). The number of aryl methyl sites for hydroxylation is 1. The maximum atomic E-state index is 13.1. The van der Waals surface area contributed by atoms with Crippen LogP contribution in [0.25, 0.3) is 11.0 Å². The molecule has 0 bridgehead atoms. The van der Waals surface area contributed by atoms with Gasteiger partial charge in [-0.05, 0) is 49.2 Å². The first-order valence-electron chi connectivity index (χ1n) is 9.84. The molecular weight excluding hydrogens is 368 g/mol. The number of amides is 1. The van der Waals surface area contributed by atoms with Gasteiger partial charge in [0.05, 0.1) is 18.1 Å². The van der Waals surface area contributed by atoms with Crippen LogP contribution in [0.15, 0.2) is 53.3 Å². The molecule has 0 radical (unpaired) electrons. The Kier molecular flexibility index (Phi) is 5.46. The Morgan fingerprint density at radius 1 is 1.10 bits per heavy atom. The summed E-state index contributed by atoms with van der Waals surface area (Å²) in [5.74, 6) is 1.06. The number of nitrogens with one attached hydrogen (secondary N) is 1. The second kappa shape index (κ2) is 8.34. The lowest BCUT2D eigenvalue weighted by molar-refractivity contribution is -0.116. The Morgan fingerprint density at radius 3 is 2.55 bits per heavy atom. The van der Waals surface area contributed by atoms with E-state index in [0.29, 0.717) is 18.1 Å². The van der Waals surface area contributed by atoms with E-state index >= 15 is 0 Å². The van der Waals surface area contributed by atoms with Crippen molar-refractivity contribution in [2.45, 2.75) is 25.8 Å². The van der Waals surface area contributed by atoms with Crippen LogP contribution in [0.1, 0.15) is 19.3 Å². The van der Waals surface area contributed by atoms with E-state index in [1.54, 1.807) is 35.9 Å². The third-order valence-corrected chi connectivity index (χ3v) is 5.18. The number of hydrogen-bond acceptors (Lipinski definition) is 5. The van der Waals surface area contributed by atoms with Gasteiger partial charge in [0.25, 0.3) is 5.56 Å². The molecule has 1 aromatic heterocycles. The van der Waals surface area contributed by atoms with Crippen LogP contribution in [0.5, 0.6) is 5.75 Å². The molecule has 7 nitrogen and oxygen atoms in total. The van der Waals surface area contributed by atoms with Gasteiger partial charge in [-0.15, -0.1) is 0 Å². The highest BCUT2D eigenvalue weighted by Crippen LogP contribution is 2.19. The minimum absolute atomic E-state index is 0.136. The lowest BCUT2D eigenvalue weighted by atomic mass is 10.2. The van der Waals surface area contributed by atoms with Crippen molar-refractivity contribution in [2.24, 2.45) is 0 Å². The molecule has 2 aromatic carbocycles. The van der Waals surface area contributed by atoms with Crippen LogP contribution in [0.3, 0.4) is 0 Å².